The Balaban J connectivity index is 1.68. The molecule has 5 nitrogen and oxygen atoms in total. The Labute approximate surface area is 113 Å². The summed E-state index contributed by atoms with van der Waals surface area (Å²) in [6.45, 7) is 5.28. The molecular weight excluding hydrogens is 238 g/mol. The molecule has 1 aromatic heterocycles. The van der Waals surface area contributed by atoms with E-state index in [-0.39, 0.29) is 0 Å². The lowest BCUT2D eigenvalue weighted by Crippen LogP contribution is -2.27. The lowest BCUT2D eigenvalue weighted by molar-refractivity contribution is 0.280. The van der Waals surface area contributed by atoms with E-state index >= 15 is 0 Å². The first-order chi connectivity index (χ1) is 9.42. The summed E-state index contributed by atoms with van der Waals surface area (Å²) in [5.74, 6) is 0. The third-order valence-corrected chi connectivity index (χ3v) is 3.34. The molecule has 2 heterocycles. The van der Waals surface area contributed by atoms with E-state index in [1.807, 2.05) is 36.5 Å². The summed E-state index contributed by atoms with van der Waals surface area (Å²) < 4.78 is 0. The molecule has 3 rings (SSSR count). The van der Waals surface area contributed by atoms with Gasteiger partial charge in [0.15, 0.2) is 0 Å². The van der Waals surface area contributed by atoms with Crippen LogP contribution in [0.25, 0.3) is 5.69 Å². The minimum atomic E-state index is 0.883. The Morgan fingerprint density at radius 2 is 2.00 bits per heavy atom. The molecule has 0 atom stereocenters. The predicted octanol–water partition coefficient (Wildman–Crippen LogP) is 1.06. The van der Waals surface area contributed by atoms with Gasteiger partial charge >= 0.3 is 0 Å². The van der Waals surface area contributed by atoms with Crippen molar-refractivity contribution in [2.75, 3.05) is 26.2 Å². The first-order valence-electron chi connectivity index (χ1n) is 6.81. The molecule has 1 fully saturated rings. The van der Waals surface area contributed by atoms with Crippen LogP contribution in [0.3, 0.4) is 0 Å². The molecular formula is C14H19N5. The zero-order valence-electron chi connectivity index (χ0n) is 11.0. The molecule has 0 unspecified atom stereocenters. The van der Waals surface area contributed by atoms with Gasteiger partial charge in [0.25, 0.3) is 0 Å². The largest absolute Gasteiger partial charge is 0.315 e. The van der Waals surface area contributed by atoms with Crippen molar-refractivity contribution < 1.29 is 0 Å². The molecule has 0 spiro atoms. The third kappa shape index (κ3) is 3.19. The van der Waals surface area contributed by atoms with E-state index in [1.165, 1.54) is 6.42 Å². The number of aromatic nitrogens is 3. The van der Waals surface area contributed by atoms with Crippen molar-refractivity contribution in [2.24, 2.45) is 0 Å². The van der Waals surface area contributed by atoms with E-state index in [0.29, 0.717) is 0 Å². The van der Waals surface area contributed by atoms with Crippen LogP contribution in [0.5, 0.6) is 0 Å². The van der Waals surface area contributed by atoms with Crippen LogP contribution in [-0.4, -0.2) is 46.1 Å². The summed E-state index contributed by atoms with van der Waals surface area (Å²) in [6, 6.07) is 10.0. The summed E-state index contributed by atoms with van der Waals surface area (Å²) in [5, 5.41) is 12.3. The third-order valence-electron chi connectivity index (χ3n) is 3.34. The number of rotatable bonds is 3. The van der Waals surface area contributed by atoms with Crippen LogP contribution in [-0.2, 0) is 6.54 Å². The summed E-state index contributed by atoms with van der Waals surface area (Å²) in [6.07, 6.45) is 3.07. The molecule has 0 radical (unpaired) electrons. The maximum atomic E-state index is 4.55. The first-order valence-corrected chi connectivity index (χ1v) is 6.81. The second-order valence-corrected chi connectivity index (χ2v) is 4.84. The van der Waals surface area contributed by atoms with Crippen molar-refractivity contribution in [3.05, 3.63) is 42.2 Å². The van der Waals surface area contributed by atoms with Gasteiger partial charge in [0, 0.05) is 19.6 Å². The van der Waals surface area contributed by atoms with Crippen molar-refractivity contribution >= 4 is 0 Å². The topological polar surface area (TPSA) is 46.0 Å². The van der Waals surface area contributed by atoms with Gasteiger partial charge in [-0.15, -0.1) is 0 Å². The maximum absolute atomic E-state index is 4.55. The molecule has 19 heavy (non-hydrogen) atoms. The van der Waals surface area contributed by atoms with Crippen molar-refractivity contribution in [3.63, 3.8) is 0 Å². The van der Waals surface area contributed by atoms with Gasteiger partial charge in [0.2, 0.25) is 0 Å². The Bertz CT molecular complexity index is 500. The van der Waals surface area contributed by atoms with Crippen LogP contribution >= 0.6 is 0 Å². The van der Waals surface area contributed by atoms with Gasteiger partial charge in [-0.25, -0.2) is 0 Å². The van der Waals surface area contributed by atoms with Crippen LogP contribution < -0.4 is 5.32 Å². The van der Waals surface area contributed by atoms with Crippen LogP contribution in [0.15, 0.2) is 36.5 Å². The minimum absolute atomic E-state index is 0.883. The monoisotopic (exact) mass is 257 g/mol. The second kappa shape index (κ2) is 5.95. The van der Waals surface area contributed by atoms with Gasteiger partial charge < -0.3 is 5.32 Å². The average Bonchev–Trinajstić information content (AvgIpc) is 2.76. The number of nitrogens with one attached hydrogen (secondary N) is 1. The molecule has 1 aromatic carbocycles. The average molecular weight is 257 g/mol. The number of hydrogen-bond donors (Lipinski definition) is 1. The van der Waals surface area contributed by atoms with Gasteiger partial charge in [0.1, 0.15) is 0 Å². The summed E-state index contributed by atoms with van der Waals surface area (Å²) in [5.41, 5.74) is 2.04. The highest BCUT2D eigenvalue weighted by Crippen LogP contribution is 2.07. The van der Waals surface area contributed by atoms with Gasteiger partial charge in [-0.1, -0.05) is 18.2 Å². The lowest BCUT2D eigenvalue weighted by Gasteiger charge is -2.17. The summed E-state index contributed by atoms with van der Waals surface area (Å²) in [4.78, 5) is 4.13. The predicted molar refractivity (Wildman–Crippen MR) is 74.1 cm³/mol. The van der Waals surface area contributed by atoms with Gasteiger partial charge in [-0.05, 0) is 31.6 Å². The molecule has 1 saturated heterocycles. The molecule has 0 aliphatic carbocycles. The highest BCUT2D eigenvalue weighted by molar-refractivity contribution is 5.28. The summed E-state index contributed by atoms with van der Waals surface area (Å²) >= 11 is 0. The fraction of sp³-hybridized carbons (Fsp3) is 0.429. The van der Waals surface area contributed by atoms with Crippen molar-refractivity contribution in [1.82, 2.24) is 25.2 Å². The second-order valence-electron chi connectivity index (χ2n) is 4.84. The van der Waals surface area contributed by atoms with Crippen molar-refractivity contribution in [3.8, 4) is 5.69 Å². The van der Waals surface area contributed by atoms with E-state index in [9.17, 15) is 0 Å². The molecule has 0 saturated carbocycles. The number of hydrogen-bond acceptors (Lipinski definition) is 4. The van der Waals surface area contributed by atoms with Crippen LogP contribution in [0.4, 0.5) is 0 Å². The van der Waals surface area contributed by atoms with Crippen LogP contribution in [0.2, 0.25) is 0 Å². The maximum Gasteiger partial charge on any atom is 0.0971 e. The Kier molecular flexibility index (Phi) is 3.86. The molecule has 1 aliphatic rings. The fourth-order valence-corrected chi connectivity index (χ4v) is 2.34. The van der Waals surface area contributed by atoms with Gasteiger partial charge in [-0.2, -0.15) is 15.0 Å². The summed E-state index contributed by atoms with van der Waals surface area (Å²) in [7, 11) is 0. The van der Waals surface area contributed by atoms with Crippen molar-refractivity contribution in [2.45, 2.75) is 13.0 Å². The van der Waals surface area contributed by atoms with E-state index in [2.05, 4.69) is 20.4 Å². The molecule has 1 N–H and O–H groups in total. The minimum Gasteiger partial charge on any atom is -0.315 e. The van der Waals surface area contributed by atoms with E-state index < -0.39 is 0 Å². The molecule has 2 aromatic rings. The van der Waals surface area contributed by atoms with E-state index in [4.69, 9.17) is 0 Å². The standard InChI is InChI=1S/C14H19N5/c1-2-5-14(6-3-1)19-16-11-13(17-19)12-18-9-4-7-15-8-10-18/h1-3,5-6,11,15H,4,7-10,12H2. The lowest BCUT2D eigenvalue weighted by atomic mass is 10.3. The quantitative estimate of drug-likeness (QED) is 0.893. The Morgan fingerprint density at radius 3 is 2.89 bits per heavy atom. The van der Waals surface area contributed by atoms with Crippen molar-refractivity contribution in [1.29, 1.82) is 0 Å². The van der Waals surface area contributed by atoms with Gasteiger partial charge in [-0.3, -0.25) is 4.90 Å². The molecule has 0 bridgehead atoms. The number of para-hydroxylation sites is 1. The zero-order valence-corrected chi connectivity index (χ0v) is 11.0. The van der Waals surface area contributed by atoms with E-state index in [0.717, 1.165) is 44.1 Å². The smallest absolute Gasteiger partial charge is 0.0971 e. The number of nitrogens with zero attached hydrogens (tertiary/aromatic N) is 4. The zero-order chi connectivity index (χ0) is 12.9. The molecule has 0 amide bonds. The normalized spacial score (nSPS) is 17.3. The van der Waals surface area contributed by atoms with E-state index in [1.54, 1.807) is 4.80 Å². The van der Waals surface area contributed by atoms with Crippen LogP contribution in [0.1, 0.15) is 12.1 Å². The number of benzene rings is 1. The highest BCUT2D eigenvalue weighted by atomic mass is 15.5. The first kappa shape index (κ1) is 12.3. The Hall–Kier alpha value is -1.72. The SMILES string of the molecule is c1ccc(-n2ncc(CN3CCCNCC3)n2)cc1. The fourth-order valence-electron chi connectivity index (χ4n) is 2.34. The Morgan fingerprint density at radius 1 is 1.11 bits per heavy atom. The molecule has 1 aliphatic heterocycles. The molecule has 100 valence electrons. The van der Waals surface area contributed by atoms with Gasteiger partial charge in [0.05, 0.1) is 17.6 Å². The molecule has 5 heteroatoms. The van der Waals surface area contributed by atoms with Crippen LogP contribution in [0, 0.1) is 0 Å². The highest BCUT2D eigenvalue weighted by Gasteiger charge is 2.11.